The van der Waals surface area contributed by atoms with Gasteiger partial charge in [-0.15, -0.1) is 0 Å². The smallest absolute Gasteiger partial charge is 0.277 e. The van der Waals surface area contributed by atoms with Gasteiger partial charge in [0, 0.05) is 51.4 Å². The predicted octanol–water partition coefficient (Wildman–Crippen LogP) is 0.866. The van der Waals surface area contributed by atoms with E-state index in [2.05, 4.69) is 30.9 Å². The van der Waals surface area contributed by atoms with Crippen molar-refractivity contribution in [1.82, 2.24) is 24.8 Å². The van der Waals surface area contributed by atoms with Gasteiger partial charge in [-0.2, -0.15) is 5.26 Å². The van der Waals surface area contributed by atoms with Crippen molar-refractivity contribution in [2.75, 3.05) is 31.1 Å². The fourth-order valence-corrected chi connectivity index (χ4v) is 3.35. The number of fused-ring (bicyclic) bond motifs is 1. The lowest BCUT2D eigenvalue weighted by atomic mass is 10.2. The number of pyridine rings is 2. The van der Waals surface area contributed by atoms with Gasteiger partial charge in [-0.25, -0.2) is 15.0 Å². The number of nitrogens with one attached hydrogen (secondary N) is 1. The molecule has 9 heteroatoms. The number of hydrogen-bond donors (Lipinski definition) is 1. The fraction of sp³-hybridized carbons (Fsp3) is 0.300. The van der Waals surface area contributed by atoms with Crippen LogP contribution >= 0.6 is 0 Å². The molecule has 4 heterocycles. The molecule has 3 aromatic heterocycles. The second-order valence-electron chi connectivity index (χ2n) is 6.77. The Kier molecular flexibility index (Phi) is 5.16. The lowest BCUT2D eigenvalue weighted by Gasteiger charge is -2.35. The molecule has 1 N–H and O–H groups in total. The molecular weight excluding hydrogens is 370 g/mol. The monoisotopic (exact) mass is 389 g/mol. The highest BCUT2D eigenvalue weighted by Crippen LogP contribution is 2.15. The van der Waals surface area contributed by atoms with Crippen LogP contribution in [-0.4, -0.2) is 56.9 Å². The second-order valence-corrected chi connectivity index (χ2v) is 6.77. The molecular formula is C20H19N7O2. The predicted molar refractivity (Wildman–Crippen MR) is 106 cm³/mol. The first-order valence-electron chi connectivity index (χ1n) is 9.37. The largest absolute Gasteiger partial charge is 0.353 e. The average Bonchev–Trinajstić information content (AvgIpc) is 2.78. The molecule has 146 valence electrons. The molecule has 0 spiro atoms. The lowest BCUT2D eigenvalue weighted by Crippen LogP contribution is -2.49. The van der Waals surface area contributed by atoms with Gasteiger partial charge in [0.1, 0.15) is 17.7 Å². The Balaban J connectivity index is 1.33. The minimum Gasteiger partial charge on any atom is -0.353 e. The van der Waals surface area contributed by atoms with Gasteiger partial charge in [0.05, 0.1) is 11.1 Å². The summed E-state index contributed by atoms with van der Waals surface area (Å²) in [6.45, 7) is 2.57. The van der Waals surface area contributed by atoms with Crippen LogP contribution in [0.5, 0.6) is 0 Å². The maximum Gasteiger partial charge on any atom is 0.277 e. The molecule has 1 aliphatic heterocycles. The van der Waals surface area contributed by atoms with E-state index in [1.165, 1.54) is 0 Å². The fourth-order valence-electron chi connectivity index (χ4n) is 3.35. The summed E-state index contributed by atoms with van der Waals surface area (Å²) in [6, 6.07) is 9.09. The van der Waals surface area contributed by atoms with Gasteiger partial charge in [0.2, 0.25) is 5.91 Å². The zero-order valence-corrected chi connectivity index (χ0v) is 15.7. The van der Waals surface area contributed by atoms with Crippen LogP contribution in [0.1, 0.15) is 17.8 Å². The van der Waals surface area contributed by atoms with E-state index in [4.69, 9.17) is 5.26 Å². The van der Waals surface area contributed by atoms with Gasteiger partial charge >= 0.3 is 0 Å². The zero-order valence-electron chi connectivity index (χ0n) is 15.7. The molecule has 0 saturated carbocycles. The molecule has 0 aromatic carbocycles. The highest BCUT2D eigenvalue weighted by Gasteiger charge is 2.22. The first-order valence-corrected chi connectivity index (χ1v) is 9.37. The normalized spacial score (nSPS) is 14.0. The molecule has 9 nitrogen and oxygen atoms in total. The lowest BCUT2D eigenvalue weighted by molar-refractivity contribution is -0.131. The van der Waals surface area contributed by atoms with Crippen molar-refractivity contribution in [1.29, 1.82) is 5.26 Å². The summed E-state index contributed by atoms with van der Waals surface area (Å²) < 4.78 is 0. The number of anilines is 1. The Labute approximate surface area is 166 Å². The minimum absolute atomic E-state index is 0.0337. The summed E-state index contributed by atoms with van der Waals surface area (Å²) in [5, 5.41) is 8.86. The summed E-state index contributed by atoms with van der Waals surface area (Å²) in [4.78, 5) is 44.0. The van der Waals surface area contributed by atoms with Crippen molar-refractivity contribution in [3.8, 4) is 6.07 Å². The van der Waals surface area contributed by atoms with Crippen LogP contribution < -0.4 is 10.5 Å². The number of hydrogen-bond acceptors (Lipinski definition) is 7. The molecule has 1 fully saturated rings. The molecule has 0 aliphatic carbocycles. The molecule has 0 bridgehead atoms. The Hall–Kier alpha value is -3.80. The Morgan fingerprint density at radius 3 is 2.72 bits per heavy atom. The van der Waals surface area contributed by atoms with Gasteiger partial charge < -0.3 is 14.8 Å². The highest BCUT2D eigenvalue weighted by atomic mass is 16.2. The number of aromatic nitrogens is 4. The van der Waals surface area contributed by atoms with Crippen LogP contribution in [0.2, 0.25) is 0 Å². The Morgan fingerprint density at radius 2 is 2.00 bits per heavy atom. The van der Waals surface area contributed by atoms with Gasteiger partial charge in [-0.3, -0.25) is 9.59 Å². The third kappa shape index (κ3) is 4.06. The molecule has 1 aliphatic rings. The van der Waals surface area contributed by atoms with E-state index in [9.17, 15) is 9.59 Å². The van der Waals surface area contributed by atoms with Crippen LogP contribution in [0.4, 0.5) is 5.82 Å². The van der Waals surface area contributed by atoms with E-state index < -0.39 is 0 Å². The number of H-pyrrole nitrogens is 1. The first-order chi connectivity index (χ1) is 14.1. The van der Waals surface area contributed by atoms with E-state index in [0.29, 0.717) is 55.0 Å². The first kappa shape index (κ1) is 18.6. The molecule has 0 atom stereocenters. The van der Waals surface area contributed by atoms with E-state index >= 15 is 0 Å². The number of aryl methyl sites for hydroxylation is 1. The zero-order chi connectivity index (χ0) is 20.2. The minimum atomic E-state index is -0.290. The van der Waals surface area contributed by atoms with E-state index in [1.807, 2.05) is 11.0 Å². The summed E-state index contributed by atoms with van der Waals surface area (Å²) >= 11 is 0. The number of rotatable bonds is 4. The van der Waals surface area contributed by atoms with Crippen LogP contribution in [0.15, 0.2) is 41.5 Å². The topological polar surface area (TPSA) is 119 Å². The number of carbonyl (C=O) groups is 1. The highest BCUT2D eigenvalue weighted by molar-refractivity contribution is 5.77. The van der Waals surface area contributed by atoms with Crippen LogP contribution in [0, 0.1) is 11.3 Å². The van der Waals surface area contributed by atoms with Crippen molar-refractivity contribution in [3.63, 3.8) is 0 Å². The number of carbonyl (C=O) groups excluding carboxylic acids is 1. The number of nitrogens with zero attached hydrogens (tertiary/aromatic N) is 6. The summed E-state index contributed by atoms with van der Waals surface area (Å²) in [5.74, 6) is 1.33. The number of aromatic amines is 1. The van der Waals surface area contributed by atoms with Crippen molar-refractivity contribution in [2.45, 2.75) is 12.8 Å². The Bertz CT molecular complexity index is 1130. The number of nitriles is 1. The molecule has 1 amide bonds. The SMILES string of the molecule is N#Cc1ccc(N2CCN(C(=O)CCc3nc4cccnc4c(=O)[nH]3)CC2)nc1. The van der Waals surface area contributed by atoms with E-state index in [0.717, 1.165) is 5.82 Å². The van der Waals surface area contributed by atoms with Gasteiger partial charge in [0.25, 0.3) is 5.56 Å². The van der Waals surface area contributed by atoms with Crippen molar-refractivity contribution >= 4 is 22.8 Å². The molecule has 3 aromatic rings. The van der Waals surface area contributed by atoms with Crippen LogP contribution in [0.25, 0.3) is 11.0 Å². The molecule has 0 unspecified atom stereocenters. The third-order valence-corrected chi connectivity index (χ3v) is 4.92. The maximum atomic E-state index is 12.6. The molecule has 0 radical (unpaired) electrons. The molecule has 4 rings (SSSR count). The van der Waals surface area contributed by atoms with Gasteiger partial charge in [-0.1, -0.05) is 0 Å². The van der Waals surface area contributed by atoms with E-state index in [-0.39, 0.29) is 17.9 Å². The summed E-state index contributed by atoms with van der Waals surface area (Å²) in [6.07, 6.45) is 3.76. The number of amides is 1. The van der Waals surface area contributed by atoms with E-state index in [1.54, 1.807) is 30.6 Å². The van der Waals surface area contributed by atoms with Crippen LogP contribution in [-0.2, 0) is 11.2 Å². The quantitative estimate of drug-likeness (QED) is 0.703. The summed E-state index contributed by atoms with van der Waals surface area (Å²) in [7, 11) is 0. The third-order valence-electron chi connectivity index (χ3n) is 4.92. The van der Waals surface area contributed by atoms with Crippen molar-refractivity contribution in [3.05, 3.63) is 58.4 Å². The maximum absolute atomic E-state index is 12.6. The Morgan fingerprint density at radius 1 is 1.17 bits per heavy atom. The van der Waals surface area contributed by atoms with Crippen molar-refractivity contribution in [2.24, 2.45) is 0 Å². The molecule has 1 saturated heterocycles. The number of piperazine rings is 1. The standard InChI is InChI=1S/C20H19N7O2/c21-12-14-3-5-17(23-13-14)26-8-10-27(11-9-26)18(28)6-4-16-24-15-2-1-7-22-19(15)20(29)25-16/h1-3,5,7,13H,4,6,8-11H2,(H,24,25,29). The van der Waals surface area contributed by atoms with Gasteiger partial charge in [0.15, 0.2) is 5.52 Å². The van der Waals surface area contributed by atoms with Gasteiger partial charge in [-0.05, 0) is 24.3 Å². The summed E-state index contributed by atoms with van der Waals surface area (Å²) in [5.41, 5.74) is 1.07. The molecule has 29 heavy (non-hydrogen) atoms. The average molecular weight is 389 g/mol. The van der Waals surface area contributed by atoms with Crippen LogP contribution in [0.3, 0.4) is 0 Å². The second kappa shape index (κ2) is 8.06. The van der Waals surface area contributed by atoms with Crippen molar-refractivity contribution < 1.29 is 4.79 Å².